The van der Waals surface area contributed by atoms with Gasteiger partial charge in [-0.15, -0.1) is 0 Å². The summed E-state index contributed by atoms with van der Waals surface area (Å²) in [7, 11) is 0. The summed E-state index contributed by atoms with van der Waals surface area (Å²) in [5, 5.41) is 0. The van der Waals surface area contributed by atoms with Crippen LogP contribution in [-0.2, 0) is 14.3 Å². The van der Waals surface area contributed by atoms with Crippen LogP contribution < -0.4 is 9.47 Å². The number of carbonyl (C=O) groups excluding carboxylic acids is 2. The molecule has 0 spiro atoms. The molecule has 0 radical (unpaired) electrons. The molecule has 0 amide bonds. The van der Waals surface area contributed by atoms with Gasteiger partial charge in [0.1, 0.15) is 11.5 Å². The molecule has 0 saturated carbocycles. The minimum absolute atomic E-state index is 0.171. The van der Waals surface area contributed by atoms with Crippen LogP contribution in [-0.4, -0.2) is 25.2 Å². The highest BCUT2D eigenvalue weighted by atomic mass is 16.5. The summed E-state index contributed by atoms with van der Waals surface area (Å²) in [5.74, 6) is 0.367. The predicted molar refractivity (Wildman–Crippen MR) is 78.3 cm³/mol. The standard InChI is InChI=1S/C16H20O5/c1-4-19-13-7-9-14(10-8-13)21-15(17)6-5-11-20-16(18)12(2)3/h7-10H,2,4-6,11H2,1,3H3. The van der Waals surface area contributed by atoms with Gasteiger partial charge in [0.2, 0.25) is 0 Å². The Bertz CT molecular complexity index is 490. The Balaban J connectivity index is 2.27. The van der Waals surface area contributed by atoms with E-state index in [4.69, 9.17) is 14.2 Å². The van der Waals surface area contributed by atoms with Crippen LogP contribution >= 0.6 is 0 Å². The van der Waals surface area contributed by atoms with Crippen LogP contribution in [0.25, 0.3) is 0 Å². The summed E-state index contributed by atoms with van der Waals surface area (Å²) in [4.78, 5) is 22.7. The van der Waals surface area contributed by atoms with E-state index in [1.165, 1.54) is 0 Å². The third kappa shape index (κ3) is 6.61. The van der Waals surface area contributed by atoms with E-state index >= 15 is 0 Å². The number of esters is 2. The summed E-state index contributed by atoms with van der Waals surface area (Å²) in [6, 6.07) is 6.81. The fourth-order valence-electron chi connectivity index (χ4n) is 1.46. The molecule has 0 heterocycles. The zero-order valence-electron chi connectivity index (χ0n) is 12.4. The highest BCUT2D eigenvalue weighted by Gasteiger charge is 2.07. The van der Waals surface area contributed by atoms with Gasteiger partial charge < -0.3 is 14.2 Å². The van der Waals surface area contributed by atoms with Crippen molar-refractivity contribution in [3.63, 3.8) is 0 Å². The van der Waals surface area contributed by atoms with Crippen molar-refractivity contribution < 1.29 is 23.8 Å². The topological polar surface area (TPSA) is 61.8 Å². The minimum Gasteiger partial charge on any atom is -0.494 e. The van der Waals surface area contributed by atoms with Gasteiger partial charge in [-0.3, -0.25) is 4.79 Å². The quantitative estimate of drug-likeness (QED) is 0.319. The summed E-state index contributed by atoms with van der Waals surface area (Å²) in [6.45, 7) is 7.69. The number of hydrogen-bond donors (Lipinski definition) is 0. The zero-order chi connectivity index (χ0) is 15.7. The molecule has 0 bridgehead atoms. The largest absolute Gasteiger partial charge is 0.494 e. The molecule has 0 unspecified atom stereocenters. The van der Waals surface area contributed by atoms with Crippen molar-refractivity contribution >= 4 is 11.9 Å². The Hall–Kier alpha value is -2.30. The van der Waals surface area contributed by atoms with E-state index in [1.807, 2.05) is 6.92 Å². The van der Waals surface area contributed by atoms with Crippen LogP contribution in [0, 0.1) is 0 Å². The van der Waals surface area contributed by atoms with E-state index in [9.17, 15) is 9.59 Å². The number of rotatable bonds is 8. The van der Waals surface area contributed by atoms with E-state index in [1.54, 1.807) is 31.2 Å². The highest BCUT2D eigenvalue weighted by molar-refractivity contribution is 5.86. The Morgan fingerprint density at radius 2 is 1.76 bits per heavy atom. The average Bonchev–Trinajstić information content (AvgIpc) is 2.45. The zero-order valence-corrected chi connectivity index (χ0v) is 12.4. The summed E-state index contributed by atoms with van der Waals surface area (Å²) in [5.41, 5.74) is 0.340. The number of carbonyl (C=O) groups is 2. The molecule has 0 aliphatic carbocycles. The van der Waals surface area contributed by atoms with E-state index in [0.29, 0.717) is 24.4 Å². The number of hydrogen-bond acceptors (Lipinski definition) is 5. The van der Waals surface area contributed by atoms with Gasteiger partial charge in [0.15, 0.2) is 0 Å². The second-order valence-electron chi connectivity index (χ2n) is 4.40. The van der Waals surface area contributed by atoms with Crippen molar-refractivity contribution in [1.82, 2.24) is 0 Å². The normalized spacial score (nSPS) is 9.81. The fourth-order valence-corrected chi connectivity index (χ4v) is 1.46. The van der Waals surface area contributed by atoms with E-state index < -0.39 is 5.97 Å². The first-order valence-corrected chi connectivity index (χ1v) is 6.79. The summed E-state index contributed by atoms with van der Waals surface area (Å²) < 4.78 is 15.3. The van der Waals surface area contributed by atoms with Gasteiger partial charge in [-0.2, -0.15) is 0 Å². The lowest BCUT2D eigenvalue weighted by Gasteiger charge is -2.07. The maximum absolute atomic E-state index is 11.6. The molecular formula is C16H20O5. The SMILES string of the molecule is C=C(C)C(=O)OCCCC(=O)Oc1ccc(OCC)cc1. The summed E-state index contributed by atoms with van der Waals surface area (Å²) in [6.07, 6.45) is 0.589. The maximum atomic E-state index is 11.6. The molecule has 0 saturated heterocycles. The lowest BCUT2D eigenvalue weighted by atomic mass is 10.3. The first-order valence-electron chi connectivity index (χ1n) is 6.79. The molecule has 1 aromatic carbocycles. The molecule has 5 heteroatoms. The molecule has 0 N–H and O–H groups in total. The van der Waals surface area contributed by atoms with E-state index in [2.05, 4.69) is 6.58 Å². The molecule has 0 atom stereocenters. The Morgan fingerprint density at radius 3 is 2.33 bits per heavy atom. The van der Waals surface area contributed by atoms with Crippen LogP contribution in [0.4, 0.5) is 0 Å². The smallest absolute Gasteiger partial charge is 0.333 e. The molecule has 0 aliphatic rings. The van der Waals surface area contributed by atoms with Gasteiger partial charge in [0.25, 0.3) is 0 Å². The molecule has 0 aromatic heterocycles. The molecule has 0 fully saturated rings. The molecular weight excluding hydrogens is 272 g/mol. The van der Waals surface area contributed by atoms with Gasteiger partial charge >= 0.3 is 11.9 Å². The number of ether oxygens (including phenoxy) is 3. The molecule has 21 heavy (non-hydrogen) atoms. The van der Waals surface area contributed by atoms with Crippen LogP contribution in [0.15, 0.2) is 36.4 Å². The lowest BCUT2D eigenvalue weighted by Crippen LogP contribution is -2.11. The second kappa shape index (κ2) is 8.79. The first-order chi connectivity index (χ1) is 10.0. The van der Waals surface area contributed by atoms with Gasteiger partial charge in [0, 0.05) is 12.0 Å². The van der Waals surface area contributed by atoms with Gasteiger partial charge in [-0.1, -0.05) is 6.58 Å². The van der Waals surface area contributed by atoms with E-state index in [0.717, 1.165) is 5.75 Å². The van der Waals surface area contributed by atoms with E-state index in [-0.39, 0.29) is 19.0 Å². The molecule has 5 nitrogen and oxygen atoms in total. The van der Waals surface area contributed by atoms with Crippen molar-refractivity contribution in [2.24, 2.45) is 0 Å². The van der Waals surface area contributed by atoms with Crippen molar-refractivity contribution in [2.75, 3.05) is 13.2 Å². The summed E-state index contributed by atoms with van der Waals surface area (Å²) >= 11 is 0. The van der Waals surface area contributed by atoms with Gasteiger partial charge in [-0.25, -0.2) is 4.79 Å². The molecule has 0 aliphatic heterocycles. The van der Waals surface area contributed by atoms with Crippen molar-refractivity contribution in [2.45, 2.75) is 26.7 Å². The van der Waals surface area contributed by atoms with Crippen molar-refractivity contribution in [3.05, 3.63) is 36.4 Å². The molecule has 1 aromatic rings. The Labute approximate surface area is 124 Å². The Morgan fingerprint density at radius 1 is 1.14 bits per heavy atom. The average molecular weight is 292 g/mol. The lowest BCUT2D eigenvalue weighted by molar-refractivity contribution is -0.141. The maximum Gasteiger partial charge on any atom is 0.333 e. The highest BCUT2D eigenvalue weighted by Crippen LogP contribution is 2.18. The van der Waals surface area contributed by atoms with Gasteiger partial charge in [-0.05, 0) is 44.5 Å². The van der Waals surface area contributed by atoms with Crippen molar-refractivity contribution in [3.8, 4) is 11.5 Å². The van der Waals surface area contributed by atoms with Crippen LogP contribution in [0.3, 0.4) is 0 Å². The van der Waals surface area contributed by atoms with Crippen LogP contribution in [0.2, 0.25) is 0 Å². The predicted octanol–water partition coefficient (Wildman–Crippen LogP) is 2.89. The third-order valence-corrected chi connectivity index (χ3v) is 2.47. The third-order valence-electron chi connectivity index (χ3n) is 2.47. The fraction of sp³-hybridized carbons (Fsp3) is 0.375. The minimum atomic E-state index is -0.449. The molecule has 1 rings (SSSR count). The molecule has 114 valence electrons. The van der Waals surface area contributed by atoms with Crippen LogP contribution in [0.5, 0.6) is 11.5 Å². The van der Waals surface area contributed by atoms with Crippen LogP contribution in [0.1, 0.15) is 26.7 Å². The second-order valence-corrected chi connectivity index (χ2v) is 4.40. The first kappa shape index (κ1) is 16.8. The van der Waals surface area contributed by atoms with Gasteiger partial charge in [0.05, 0.1) is 13.2 Å². The van der Waals surface area contributed by atoms with Crippen molar-refractivity contribution in [1.29, 1.82) is 0 Å². The Kier molecular flexibility index (Phi) is 7.01. The monoisotopic (exact) mass is 292 g/mol. The number of benzene rings is 1.